The van der Waals surface area contributed by atoms with Gasteiger partial charge in [0.2, 0.25) is 0 Å². The molecule has 1 aliphatic heterocycles. The summed E-state index contributed by atoms with van der Waals surface area (Å²) >= 11 is 5.54. The van der Waals surface area contributed by atoms with Crippen LogP contribution in [0.4, 0.5) is 17.1 Å². The first-order valence-corrected chi connectivity index (χ1v) is 9.08. The normalized spacial score (nSPS) is 15.0. The van der Waals surface area contributed by atoms with Gasteiger partial charge in [-0.3, -0.25) is 0 Å². The SMILES string of the molecule is OCC[NH+]1CCN(C(=S)Nc2ccc(Nc3ccccc3)cc2)CC1. The Hall–Kier alpha value is -2.15. The number of thiocarbonyl (C=S) groups is 1. The minimum atomic E-state index is 0.251. The summed E-state index contributed by atoms with van der Waals surface area (Å²) in [5.41, 5.74) is 3.11. The Balaban J connectivity index is 1.50. The summed E-state index contributed by atoms with van der Waals surface area (Å²) in [5, 5.41) is 16.5. The highest BCUT2D eigenvalue weighted by atomic mass is 32.1. The summed E-state index contributed by atoms with van der Waals surface area (Å²) in [6.45, 7) is 4.96. The number of anilines is 3. The van der Waals surface area contributed by atoms with Crippen molar-refractivity contribution in [3.05, 3.63) is 54.6 Å². The second-order valence-electron chi connectivity index (χ2n) is 6.21. The Bertz CT molecular complexity index is 670. The predicted octanol–water partition coefficient (Wildman–Crippen LogP) is 1.32. The van der Waals surface area contributed by atoms with Crippen molar-refractivity contribution in [1.29, 1.82) is 0 Å². The summed E-state index contributed by atoms with van der Waals surface area (Å²) in [6, 6.07) is 18.3. The lowest BCUT2D eigenvalue weighted by atomic mass is 10.2. The van der Waals surface area contributed by atoms with Gasteiger partial charge < -0.3 is 25.5 Å². The van der Waals surface area contributed by atoms with Crippen LogP contribution in [-0.2, 0) is 0 Å². The fourth-order valence-electron chi connectivity index (χ4n) is 2.96. The van der Waals surface area contributed by atoms with E-state index in [1.807, 2.05) is 54.6 Å². The monoisotopic (exact) mass is 357 g/mol. The number of aliphatic hydroxyl groups excluding tert-OH is 1. The van der Waals surface area contributed by atoms with Crippen LogP contribution in [-0.4, -0.2) is 54.4 Å². The van der Waals surface area contributed by atoms with Gasteiger partial charge in [-0.15, -0.1) is 0 Å². The Morgan fingerprint density at radius 1 is 0.960 bits per heavy atom. The average Bonchev–Trinajstić information content (AvgIpc) is 2.65. The zero-order chi connectivity index (χ0) is 17.5. The number of benzene rings is 2. The van der Waals surface area contributed by atoms with Gasteiger partial charge in [-0.1, -0.05) is 18.2 Å². The van der Waals surface area contributed by atoms with Crippen LogP contribution in [0.25, 0.3) is 0 Å². The van der Waals surface area contributed by atoms with E-state index in [2.05, 4.69) is 15.5 Å². The van der Waals surface area contributed by atoms with E-state index < -0.39 is 0 Å². The zero-order valence-electron chi connectivity index (χ0n) is 14.2. The average molecular weight is 358 g/mol. The number of nitrogens with one attached hydrogen (secondary N) is 3. The predicted molar refractivity (Wildman–Crippen MR) is 107 cm³/mol. The molecule has 1 heterocycles. The van der Waals surface area contributed by atoms with Crippen molar-refractivity contribution in [2.45, 2.75) is 0 Å². The molecule has 1 aliphatic rings. The van der Waals surface area contributed by atoms with Crippen molar-refractivity contribution in [3.8, 4) is 0 Å². The third kappa shape index (κ3) is 5.16. The maximum absolute atomic E-state index is 9.03. The number of quaternary nitrogens is 1. The number of para-hydroxylation sites is 1. The first kappa shape index (κ1) is 17.7. The van der Waals surface area contributed by atoms with Gasteiger partial charge in [-0.25, -0.2) is 0 Å². The highest BCUT2D eigenvalue weighted by molar-refractivity contribution is 7.80. The molecule has 0 saturated carbocycles. The minimum absolute atomic E-state index is 0.251. The molecule has 0 radical (unpaired) electrons. The van der Waals surface area contributed by atoms with E-state index in [0.29, 0.717) is 0 Å². The number of hydrogen-bond acceptors (Lipinski definition) is 3. The van der Waals surface area contributed by atoms with Crippen LogP contribution in [0.3, 0.4) is 0 Å². The Morgan fingerprint density at radius 3 is 2.20 bits per heavy atom. The van der Waals surface area contributed by atoms with Crippen molar-refractivity contribution in [2.75, 3.05) is 50.0 Å². The van der Waals surface area contributed by atoms with Crippen molar-refractivity contribution >= 4 is 34.4 Å². The lowest BCUT2D eigenvalue weighted by Gasteiger charge is -2.33. The van der Waals surface area contributed by atoms with Crippen molar-refractivity contribution in [2.24, 2.45) is 0 Å². The van der Waals surface area contributed by atoms with Gasteiger partial charge in [0.1, 0.15) is 6.54 Å². The van der Waals surface area contributed by atoms with Crippen LogP contribution in [0.2, 0.25) is 0 Å². The van der Waals surface area contributed by atoms with E-state index in [0.717, 1.165) is 54.9 Å². The molecule has 0 spiro atoms. The lowest BCUT2D eigenvalue weighted by Crippen LogP contribution is -3.15. The molecule has 2 aromatic carbocycles. The quantitative estimate of drug-likeness (QED) is 0.608. The molecule has 0 atom stereocenters. The topological polar surface area (TPSA) is 52.0 Å². The molecule has 0 unspecified atom stereocenters. The van der Waals surface area contributed by atoms with Gasteiger partial charge >= 0.3 is 0 Å². The number of piperazine rings is 1. The molecule has 132 valence electrons. The Kier molecular flexibility index (Phi) is 6.22. The minimum Gasteiger partial charge on any atom is -0.391 e. The molecule has 4 N–H and O–H groups in total. The first-order chi connectivity index (χ1) is 12.2. The Morgan fingerprint density at radius 2 is 1.56 bits per heavy atom. The van der Waals surface area contributed by atoms with Crippen LogP contribution >= 0.6 is 12.2 Å². The summed E-state index contributed by atoms with van der Waals surface area (Å²) in [4.78, 5) is 3.64. The van der Waals surface area contributed by atoms with Crippen LogP contribution in [0.5, 0.6) is 0 Å². The lowest BCUT2D eigenvalue weighted by molar-refractivity contribution is -0.904. The van der Waals surface area contributed by atoms with E-state index >= 15 is 0 Å². The molecule has 0 aromatic heterocycles. The number of aliphatic hydroxyl groups is 1. The fraction of sp³-hybridized carbons (Fsp3) is 0.316. The summed E-state index contributed by atoms with van der Waals surface area (Å²) in [7, 11) is 0. The van der Waals surface area contributed by atoms with Gasteiger partial charge in [0.05, 0.1) is 32.8 Å². The number of nitrogens with zero attached hydrogens (tertiary/aromatic N) is 1. The summed E-state index contributed by atoms with van der Waals surface area (Å²) < 4.78 is 0. The Labute approximate surface area is 154 Å². The number of hydrogen-bond donors (Lipinski definition) is 4. The van der Waals surface area contributed by atoms with Crippen LogP contribution < -0.4 is 15.5 Å². The molecular weight excluding hydrogens is 332 g/mol. The van der Waals surface area contributed by atoms with Gasteiger partial charge in [0.25, 0.3) is 0 Å². The maximum atomic E-state index is 9.03. The largest absolute Gasteiger partial charge is 0.391 e. The van der Waals surface area contributed by atoms with Crippen LogP contribution in [0.15, 0.2) is 54.6 Å². The smallest absolute Gasteiger partial charge is 0.173 e. The van der Waals surface area contributed by atoms with Crippen LogP contribution in [0, 0.1) is 0 Å². The second-order valence-corrected chi connectivity index (χ2v) is 6.60. The second kappa shape index (κ2) is 8.80. The van der Waals surface area contributed by atoms with Crippen molar-refractivity contribution in [1.82, 2.24) is 4.90 Å². The maximum Gasteiger partial charge on any atom is 0.173 e. The molecule has 6 heteroatoms. The van der Waals surface area contributed by atoms with Crippen LogP contribution in [0.1, 0.15) is 0 Å². The molecule has 0 amide bonds. The summed E-state index contributed by atoms with van der Waals surface area (Å²) in [6.07, 6.45) is 0. The van der Waals surface area contributed by atoms with Gasteiger partial charge in [-0.2, -0.15) is 0 Å². The third-order valence-electron chi connectivity index (χ3n) is 4.42. The zero-order valence-corrected chi connectivity index (χ0v) is 15.1. The van der Waals surface area contributed by atoms with E-state index in [9.17, 15) is 0 Å². The fourth-order valence-corrected chi connectivity index (χ4v) is 3.26. The van der Waals surface area contributed by atoms with Gasteiger partial charge in [0, 0.05) is 17.1 Å². The van der Waals surface area contributed by atoms with E-state index in [-0.39, 0.29) is 6.61 Å². The molecule has 3 rings (SSSR count). The van der Waals surface area contributed by atoms with Gasteiger partial charge in [0.15, 0.2) is 5.11 Å². The molecule has 5 nitrogen and oxygen atoms in total. The van der Waals surface area contributed by atoms with Crippen molar-refractivity contribution in [3.63, 3.8) is 0 Å². The van der Waals surface area contributed by atoms with Crippen molar-refractivity contribution < 1.29 is 10.0 Å². The standard InChI is InChI=1S/C19H24N4OS/c24-15-14-22-10-12-23(13-11-22)19(25)21-18-8-6-17(7-9-18)20-16-4-2-1-3-5-16/h1-9,20,24H,10-15H2,(H,21,25)/p+1. The third-order valence-corrected chi connectivity index (χ3v) is 4.78. The summed E-state index contributed by atoms with van der Waals surface area (Å²) in [5.74, 6) is 0. The molecule has 0 aliphatic carbocycles. The molecule has 0 bridgehead atoms. The highest BCUT2D eigenvalue weighted by Gasteiger charge is 2.21. The molecule has 1 fully saturated rings. The number of rotatable bonds is 5. The van der Waals surface area contributed by atoms with E-state index in [4.69, 9.17) is 17.3 Å². The first-order valence-electron chi connectivity index (χ1n) is 8.67. The van der Waals surface area contributed by atoms with Gasteiger partial charge in [-0.05, 0) is 48.6 Å². The molecule has 1 saturated heterocycles. The highest BCUT2D eigenvalue weighted by Crippen LogP contribution is 2.18. The van der Waals surface area contributed by atoms with E-state index in [1.54, 1.807) is 0 Å². The molecule has 2 aromatic rings. The molecular formula is C19H25N4OS+. The molecule has 25 heavy (non-hydrogen) atoms. The van der Waals surface area contributed by atoms with E-state index in [1.165, 1.54) is 4.90 Å².